The van der Waals surface area contributed by atoms with Crippen LogP contribution in [0.3, 0.4) is 0 Å². The molecule has 30 heavy (non-hydrogen) atoms. The van der Waals surface area contributed by atoms with Crippen molar-refractivity contribution in [2.75, 3.05) is 13.7 Å². The summed E-state index contributed by atoms with van der Waals surface area (Å²) in [5, 5.41) is 27.0. The first-order valence-corrected chi connectivity index (χ1v) is 8.79. The number of aromatic hydroxyl groups is 1. The van der Waals surface area contributed by atoms with E-state index in [9.17, 15) is 14.7 Å². The number of fused-ring (bicyclic) bond motifs is 2. The molecule has 0 aliphatic rings. The topological polar surface area (TPSA) is 135 Å². The van der Waals surface area contributed by atoms with E-state index in [0.717, 1.165) is 10.8 Å². The smallest absolute Gasteiger partial charge is 0.322 e. The number of carboxylic acids is 1. The minimum Gasteiger partial charge on any atom is -0.507 e. The molecular weight excluding hydrogens is 392 g/mol. The maximum atomic E-state index is 12.3. The zero-order valence-corrected chi connectivity index (χ0v) is 15.7. The molecule has 0 saturated heterocycles. The standard InChI is InChI=1S/C20H16N4O6/c1-29-14-6-2-5-12-11(14)4-3-7-15(12)30-16-8-13(25)18(19-22-10-23-24(16)19)20(28)21-9-17(26)27/h2-8,10,25H,9H2,1H3,(H,21,28)(H,26,27). The quantitative estimate of drug-likeness (QED) is 0.442. The van der Waals surface area contributed by atoms with Crippen molar-refractivity contribution in [1.82, 2.24) is 19.9 Å². The monoisotopic (exact) mass is 408 g/mol. The largest absolute Gasteiger partial charge is 0.507 e. The van der Waals surface area contributed by atoms with Crippen LogP contribution >= 0.6 is 0 Å². The van der Waals surface area contributed by atoms with E-state index < -0.39 is 24.2 Å². The van der Waals surface area contributed by atoms with E-state index in [1.54, 1.807) is 19.2 Å². The number of nitrogens with one attached hydrogen (secondary N) is 1. The third-order valence-corrected chi connectivity index (χ3v) is 4.40. The number of carboxylic acid groups (broad SMARTS) is 1. The van der Waals surface area contributed by atoms with Crippen LogP contribution < -0.4 is 14.8 Å². The third-order valence-electron chi connectivity index (χ3n) is 4.40. The van der Waals surface area contributed by atoms with E-state index in [2.05, 4.69) is 15.4 Å². The van der Waals surface area contributed by atoms with Crippen LogP contribution in [0.4, 0.5) is 0 Å². The van der Waals surface area contributed by atoms with Crippen LogP contribution in [0.5, 0.6) is 23.1 Å². The van der Waals surface area contributed by atoms with Crippen LogP contribution in [-0.2, 0) is 4.79 Å². The van der Waals surface area contributed by atoms with Crippen molar-refractivity contribution in [3.8, 4) is 23.1 Å². The Kier molecular flexibility index (Phi) is 4.80. The molecule has 0 unspecified atom stereocenters. The van der Waals surface area contributed by atoms with Crippen molar-refractivity contribution < 1.29 is 29.3 Å². The molecule has 1 amide bonds. The molecule has 0 aliphatic carbocycles. The van der Waals surface area contributed by atoms with Crippen LogP contribution in [0.15, 0.2) is 48.8 Å². The Bertz CT molecular complexity index is 1280. The van der Waals surface area contributed by atoms with E-state index in [4.69, 9.17) is 14.6 Å². The maximum absolute atomic E-state index is 12.3. The van der Waals surface area contributed by atoms with Gasteiger partial charge >= 0.3 is 5.97 Å². The van der Waals surface area contributed by atoms with Crippen LogP contribution in [-0.4, -0.2) is 50.3 Å². The van der Waals surface area contributed by atoms with Gasteiger partial charge in [0.15, 0.2) is 5.65 Å². The van der Waals surface area contributed by atoms with Crippen molar-refractivity contribution in [2.24, 2.45) is 0 Å². The number of pyridine rings is 1. The molecule has 0 saturated carbocycles. The molecule has 3 N–H and O–H groups in total. The zero-order chi connectivity index (χ0) is 21.3. The second-order valence-electron chi connectivity index (χ2n) is 6.23. The molecule has 2 aromatic carbocycles. The molecule has 0 atom stereocenters. The Balaban J connectivity index is 1.78. The lowest BCUT2D eigenvalue weighted by atomic mass is 10.1. The normalized spacial score (nSPS) is 10.8. The molecule has 0 bridgehead atoms. The van der Waals surface area contributed by atoms with Crippen LogP contribution in [0.25, 0.3) is 16.4 Å². The number of carbonyl (C=O) groups is 2. The highest BCUT2D eigenvalue weighted by Gasteiger charge is 2.22. The Hall–Kier alpha value is -4.34. The van der Waals surface area contributed by atoms with Gasteiger partial charge in [-0.3, -0.25) is 9.59 Å². The second kappa shape index (κ2) is 7.59. The zero-order valence-electron chi connectivity index (χ0n) is 15.7. The SMILES string of the molecule is COc1cccc2c(Oc3cc(O)c(C(=O)NCC(=O)O)c4ncnn34)cccc12. The van der Waals surface area contributed by atoms with E-state index in [1.807, 2.05) is 24.3 Å². The molecule has 4 rings (SSSR count). The van der Waals surface area contributed by atoms with Crippen LogP contribution in [0, 0.1) is 0 Å². The summed E-state index contributed by atoms with van der Waals surface area (Å²) in [7, 11) is 1.58. The van der Waals surface area contributed by atoms with E-state index >= 15 is 0 Å². The van der Waals surface area contributed by atoms with Gasteiger partial charge in [-0.05, 0) is 12.1 Å². The molecule has 0 fully saturated rings. The number of carbonyl (C=O) groups excluding carboxylic acids is 1. The minimum atomic E-state index is -1.22. The lowest BCUT2D eigenvalue weighted by Gasteiger charge is -2.13. The summed E-state index contributed by atoms with van der Waals surface area (Å²) >= 11 is 0. The number of aromatic nitrogens is 3. The Morgan fingerprint density at radius 2 is 1.83 bits per heavy atom. The summed E-state index contributed by atoms with van der Waals surface area (Å²) in [6.45, 7) is -0.603. The molecule has 4 aromatic rings. The highest BCUT2D eigenvalue weighted by molar-refractivity contribution is 6.03. The summed E-state index contributed by atoms with van der Waals surface area (Å²) in [6, 6.07) is 12.2. The number of amides is 1. The first-order valence-electron chi connectivity index (χ1n) is 8.79. The summed E-state index contributed by atoms with van der Waals surface area (Å²) in [5.74, 6) is -1.17. The molecule has 0 radical (unpaired) electrons. The van der Waals surface area contributed by atoms with Gasteiger partial charge in [0.25, 0.3) is 5.91 Å². The van der Waals surface area contributed by atoms with Gasteiger partial charge in [-0.1, -0.05) is 24.3 Å². The van der Waals surface area contributed by atoms with Gasteiger partial charge in [0.1, 0.15) is 35.7 Å². The molecule has 152 valence electrons. The van der Waals surface area contributed by atoms with E-state index in [1.165, 1.54) is 16.9 Å². The van der Waals surface area contributed by atoms with Crippen LogP contribution in [0.2, 0.25) is 0 Å². The number of aliphatic carboxylic acids is 1. The fraction of sp³-hybridized carbons (Fsp3) is 0.100. The number of hydrogen-bond donors (Lipinski definition) is 3. The van der Waals surface area contributed by atoms with Crippen molar-refractivity contribution >= 4 is 28.3 Å². The first kappa shape index (κ1) is 19.0. The van der Waals surface area contributed by atoms with Crippen molar-refractivity contribution in [2.45, 2.75) is 0 Å². The average molecular weight is 408 g/mol. The maximum Gasteiger partial charge on any atom is 0.322 e. The van der Waals surface area contributed by atoms with Gasteiger partial charge in [-0.25, -0.2) is 4.98 Å². The number of hydrogen-bond acceptors (Lipinski definition) is 7. The highest BCUT2D eigenvalue weighted by Crippen LogP contribution is 2.36. The number of benzene rings is 2. The van der Waals surface area contributed by atoms with Crippen LogP contribution in [0.1, 0.15) is 10.4 Å². The summed E-state index contributed by atoms with van der Waals surface area (Å²) in [4.78, 5) is 27.0. The summed E-state index contributed by atoms with van der Waals surface area (Å²) in [5.41, 5.74) is -0.189. The number of rotatable bonds is 6. The van der Waals surface area contributed by atoms with Gasteiger partial charge in [0.05, 0.1) is 7.11 Å². The molecule has 2 heterocycles. The third kappa shape index (κ3) is 3.30. The molecule has 0 spiro atoms. The van der Waals surface area contributed by atoms with Crippen molar-refractivity contribution in [1.29, 1.82) is 0 Å². The molecule has 10 heteroatoms. The number of methoxy groups -OCH3 is 1. The fourth-order valence-electron chi connectivity index (χ4n) is 3.10. The van der Waals surface area contributed by atoms with Crippen molar-refractivity contribution in [3.05, 3.63) is 54.4 Å². The first-order chi connectivity index (χ1) is 14.5. The Labute approximate surface area is 169 Å². The molecule has 10 nitrogen and oxygen atoms in total. The van der Waals surface area contributed by atoms with Gasteiger partial charge in [0, 0.05) is 16.8 Å². The highest BCUT2D eigenvalue weighted by atomic mass is 16.5. The lowest BCUT2D eigenvalue weighted by Crippen LogP contribution is -2.29. The Morgan fingerprint density at radius 1 is 1.13 bits per heavy atom. The summed E-state index contributed by atoms with van der Waals surface area (Å²) in [6.07, 6.45) is 1.20. The van der Waals surface area contributed by atoms with Gasteiger partial charge < -0.3 is 25.0 Å². The fourth-order valence-corrected chi connectivity index (χ4v) is 3.10. The molecule has 2 aromatic heterocycles. The molecule has 0 aliphatic heterocycles. The predicted molar refractivity (Wildman–Crippen MR) is 105 cm³/mol. The predicted octanol–water partition coefficient (Wildman–Crippen LogP) is 2.20. The second-order valence-corrected chi connectivity index (χ2v) is 6.23. The summed E-state index contributed by atoms with van der Waals surface area (Å²) < 4.78 is 12.6. The van der Waals surface area contributed by atoms with Gasteiger partial charge in [0.2, 0.25) is 5.88 Å². The number of nitrogens with zero attached hydrogens (tertiary/aromatic N) is 3. The lowest BCUT2D eigenvalue weighted by molar-refractivity contribution is -0.135. The average Bonchev–Trinajstić information content (AvgIpc) is 3.21. The molecular formula is C20H16N4O6. The number of ether oxygens (including phenoxy) is 2. The van der Waals surface area contributed by atoms with E-state index in [0.29, 0.717) is 11.5 Å². The minimum absolute atomic E-state index is 0.0192. The van der Waals surface area contributed by atoms with E-state index in [-0.39, 0.29) is 17.1 Å². The van der Waals surface area contributed by atoms with Gasteiger partial charge in [-0.15, -0.1) is 0 Å². The van der Waals surface area contributed by atoms with Gasteiger partial charge in [-0.2, -0.15) is 9.61 Å². The Morgan fingerprint density at radius 3 is 2.53 bits per heavy atom. The van der Waals surface area contributed by atoms with Crippen molar-refractivity contribution in [3.63, 3.8) is 0 Å².